The number of carbonyl (C=O) groups is 1. The summed E-state index contributed by atoms with van der Waals surface area (Å²) in [6, 6.07) is 8.89. The Balaban J connectivity index is 2.39. The van der Waals surface area contributed by atoms with Crippen molar-refractivity contribution < 1.29 is 9.53 Å². The van der Waals surface area contributed by atoms with Gasteiger partial charge >= 0.3 is 5.97 Å². The maximum absolute atomic E-state index is 11.5. The molecule has 0 saturated carbocycles. The van der Waals surface area contributed by atoms with Crippen LogP contribution in [0.25, 0.3) is 11.4 Å². The summed E-state index contributed by atoms with van der Waals surface area (Å²) in [6.45, 7) is 1.69. The zero-order valence-corrected chi connectivity index (χ0v) is 9.57. The molecule has 1 unspecified atom stereocenters. The van der Waals surface area contributed by atoms with Crippen LogP contribution in [0.1, 0.15) is 13.0 Å². The lowest BCUT2D eigenvalue weighted by atomic mass is 10.2. The Morgan fingerprint density at radius 3 is 2.71 bits per heavy atom. The molecule has 1 aromatic heterocycles. The molecule has 1 aromatic carbocycles. The summed E-state index contributed by atoms with van der Waals surface area (Å²) in [6.07, 6.45) is 0. The van der Waals surface area contributed by atoms with Crippen LogP contribution in [-0.2, 0) is 9.53 Å². The number of nitrogens with zero attached hydrogens (tertiary/aromatic N) is 4. The molecule has 0 N–H and O–H groups in total. The lowest BCUT2D eigenvalue weighted by Gasteiger charge is -2.10. The highest BCUT2D eigenvalue weighted by molar-refractivity contribution is 5.74. The van der Waals surface area contributed by atoms with Gasteiger partial charge in [-0.2, -0.15) is 0 Å². The molecular formula is C11H12N4O2. The molecule has 88 valence electrons. The Labute approximate surface area is 98.2 Å². The van der Waals surface area contributed by atoms with Crippen LogP contribution < -0.4 is 0 Å². The van der Waals surface area contributed by atoms with E-state index in [-0.39, 0.29) is 5.97 Å². The van der Waals surface area contributed by atoms with Gasteiger partial charge < -0.3 is 4.74 Å². The summed E-state index contributed by atoms with van der Waals surface area (Å²) in [5.74, 6) is 0.165. The van der Waals surface area contributed by atoms with Crippen molar-refractivity contribution in [2.24, 2.45) is 0 Å². The van der Waals surface area contributed by atoms with Gasteiger partial charge in [-0.25, -0.2) is 9.48 Å². The number of esters is 1. The Morgan fingerprint density at radius 2 is 2.06 bits per heavy atom. The normalized spacial score (nSPS) is 12.1. The van der Waals surface area contributed by atoms with E-state index in [9.17, 15) is 4.79 Å². The molecule has 2 rings (SSSR count). The fourth-order valence-corrected chi connectivity index (χ4v) is 1.50. The van der Waals surface area contributed by atoms with Crippen molar-refractivity contribution in [2.75, 3.05) is 7.11 Å². The Hall–Kier alpha value is -2.24. The molecule has 1 atom stereocenters. The maximum Gasteiger partial charge on any atom is 0.330 e. The van der Waals surface area contributed by atoms with Crippen LogP contribution in [0.5, 0.6) is 0 Å². The summed E-state index contributed by atoms with van der Waals surface area (Å²) in [7, 11) is 1.34. The van der Waals surface area contributed by atoms with Crippen molar-refractivity contribution in [2.45, 2.75) is 13.0 Å². The van der Waals surface area contributed by atoms with E-state index in [0.717, 1.165) is 5.56 Å². The molecule has 0 fully saturated rings. The Bertz CT molecular complexity index is 509. The number of carbonyl (C=O) groups excluding carboxylic acids is 1. The lowest BCUT2D eigenvalue weighted by molar-refractivity contribution is -0.144. The van der Waals surface area contributed by atoms with Crippen LogP contribution in [0.15, 0.2) is 30.3 Å². The number of benzene rings is 1. The van der Waals surface area contributed by atoms with Crippen LogP contribution in [0.4, 0.5) is 0 Å². The zero-order chi connectivity index (χ0) is 12.3. The van der Waals surface area contributed by atoms with E-state index in [1.54, 1.807) is 6.92 Å². The number of hydrogen-bond donors (Lipinski definition) is 0. The quantitative estimate of drug-likeness (QED) is 0.740. The van der Waals surface area contributed by atoms with Gasteiger partial charge in [-0.15, -0.1) is 5.10 Å². The predicted octanol–water partition coefficient (Wildman–Crippen LogP) is 1.07. The van der Waals surface area contributed by atoms with Gasteiger partial charge in [0, 0.05) is 5.56 Å². The van der Waals surface area contributed by atoms with Crippen LogP contribution in [0.3, 0.4) is 0 Å². The molecule has 0 saturated heterocycles. The standard InChI is InChI=1S/C11H12N4O2/c1-8(11(16)17-2)15-10(12-13-14-15)9-6-4-3-5-7-9/h3-8H,1-2H3. The Kier molecular flexibility index (Phi) is 3.13. The molecule has 17 heavy (non-hydrogen) atoms. The SMILES string of the molecule is COC(=O)C(C)n1nnnc1-c1ccccc1. The topological polar surface area (TPSA) is 69.9 Å². The van der Waals surface area contributed by atoms with Gasteiger partial charge in [0.1, 0.15) is 0 Å². The molecular weight excluding hydrogens is 220 g/mol. The van der Waals surface area contributed by atoms with Gasteiger partial charge in [-0.3, -0.25) is 0 Å². The summed E-state index contributed by atoms with van der Waals surface area (Å²) in [5, 5.41) is 11.3. The number of ether oxygens (including phenoxy) is 1. The lowest BCUT2D eigenvalue weighted by Crippen LogP contribution is -2.19. The van der Waals surface area contributed by atoms with E-state index in [0.29, 0.717) is 5.82 Å². The van der Waals surface area contributed by atoms with E-state index in [2.05, 4.69) is 20.3 Å². The van der Waals surface area contributed by atoms with Crippen molar-refractivity contribution in [3.05, 3.63) is 30.3 Å². The highest BCUT2D eigenvalue weighted by atomic mass is 16.5. The molecule has 2 aromatic rings. The molecule has 0 aliphatic rings. The molecule has 0 spiro atoms. The highest BCUT2D eigenvalue weighted by Gasteiger charge is 2.21. The molecule has 0 aliphatic carbocycles. The summed E-state index contributed by atoms with van der Waals surface area (Å²) >= 11 is 0. The number of aromatic nitrogens is 4. The second-order valence-corrected chi connectivity index (χ2v) is 3.51. The monoisotopic (exact) mass is 232 g/mol. The van der Waals surface area contributed by atoms with Crippen molar-refractivity contribution >= 4 is 5.97 Å². The van der Waals surface area contributed by atoms with E-state index in [1.807, 2.05) is 30.3 Å². The average Bonchev–Trinajstić information content (AvgIpc) is 2.87. The van der Waals surface area contributed by atoms with Gasteiger partial charge in [0.05, 0.1) is 7.11 Å². The van der Waals surface area contributed by atoms with E-state index in [4.69, 9.17) is 0 Å². The third kappa shape index (κ3) is 2.15. The molecule has 1 heterocycles. The van der Waals surface area contributed by atoms with E-state index < -0.39 is 6.04 Å². The zero-order valence-electron chi connectivity index (χ0n) is 9.57. The van der Waals surface area contributed by atoms with Crippen LogP contribution in [0.2, 0.25) is 0 Å². The van der Waals surface area contributed by atoms with Crippen LogP contribution in [0, 0.1) is 0 Å². The van der Waals surface area contributed by atoms with Gasteiger partial charge in [-0.1, -0.05) is 30.3 Å². The fraction of sp³-hybridized carbons (Fsp3) is 0.273. The summed E-state index contributed by atoms with van der Waals surface area (Å²) < 4.78 is 6.12. The first-order valence-corrected chi connectivity index (χ1v) is 5.15. The molecule has 0 aliphatic heterocycles. The van der Waals surface area contributed by atoms with Crippen molar-refractivity contribution in [3.8, 4) is 11.4 Å². The minimum atomic E-state index is -0.551. The molecule has 0 amide bonds. The number of methoxy groups -OCH3 is 1. The number of rotatable bonds is 3. The maximum atomic E-state index is 11.5. The minimum absolute atomic E-state index is 0.380. The smallest absolute Gasteiger partial charge is 0.330 e. The second kappa shape index (κ2) is 4.73. The largest absolute Gasteiger partial charge is 0.467 e. The van der Waals surface area contributed by atoms with Crippen molar-refractivity contribution in [1.29, 1.82) is 0 Å². The first-order chi connectivity index (χ1) is 8.24. The molecule has 0 bridgehead atoms. The number of hydrogen-bond acceptors (Lipinski definition) is 5. The first-order valence-electron chi connectivity index (χ1n) is 5.15. The number of tetrazole rings is 1. The van der Waals surface area contributed by atoms with Gasteiger partial charge in [0.15, 0.2) is 11.9 Å². The van der Waals surface area contributed by atoms with E-state index >= 15 is 0 Å². The highest BCUT2D eigenvalue weighted by Crippen LogP contribution is 2.18. The molecule has 0 radical (unpaired) electrons. The van der Waals surface area contributed by atoms with Crippen molar-refractivity contribution in [3.63, 3.8) is 0 Å². The average molecular weight is 232 g/mol. The van der Waals surface area contributed by atoms with Gasteiger partial charge in [-0.05, 0) is 17.4 Å². The van der Waals surface area contributed by atoms with Gasteiger partial charge in [0.25, 0.3) is 0 Å². The first kappa shape index (κ1) is 11.3. The fourth-order valence-electron chi connectivity index (χ4n) is 1.50. The van der Waals surface area contributed by atoms with Crippen LogP contribution >= 0.6 is 0 Å². The van der Waals surface area contributed by atoms with Crippen LogP contribution in [-0.4, -0.2) is 33.3 Å². The molecule has 6 heteroatoms. The minimum Gasteiger partial charge on any atom is -0.467 e. The third-order valence-electron chi connectivity index (χ3n) is 2.43. The van der Waals surface area contributed by atoms with E-state index in [1.165, 1.54) is 11.8 Å². The second-order valence-electron chi connectivity index (χ2n) is 3.51. The Morgan fingerprint density at radius 1 is 1.35 bits per heavy atom. The van der Waals surface area contributed by atoms with Gasteiger partial charge in [0.2, 0.25) is 0 Å². The summed E-state index contributed by atoms with van der Waals surface area (Å²) in [4.78, 5) is 11.5. The molecule has 6 nitrogen and oxygen atoms in total. The predicted molar refractivity (Wildman–Crippen MR) is 60.0 cm³/mol. The third-order valence-corrected chi connectivity index (χ3v) is 2.43. The summed E-state index contributed by atoms with van der Waals surface area (Å²) in [5.41, 5.74) is 0.855. The van der Waals surface area contributed by atoms with Crippen molar-refractivity contribution in [1.82, 2.24) is 20.2 Å².